The number of pyridine rings is 1. The molecule has 58 heavy (non-hydrogen) atoms. The number of carbonyl (C=O) groups is 2. The standard InChI is InChI=1S/C20H12N4O3S.C19H11F3N4O3S/c21-9-13-2-1-3-14(7-13)16-11-28-20(23-16)24-19(27)15(10-22)6-12-4-5-17(25)18(26)8-12;20-19(21,22)12-2-3-13(24-8-12)14-9-30-18(25-14)26-17(29)11(7-23)5-10-1-4-15(27)16(28)6-10/h1-8,11,25-26H,(H,23,24,27);1-6,8-9,27-28H,(H,25,26,29)/b15-6+;11-5+. The van der Waals surface area contributed by atoms with Crippen molar-refractivity contribution >= 4 is 56.9 Å². The Bertz CT molecular complexity index is 2710. The number of carbonyl (C=O) groups excluding carboxylic acids is 2. The Morgan fingerprint density at radius 2 is 1.21 bits per heavy atom. The first-order valence-electron chi connectivity index (χ1n) is 16.0. The smallest absolute Gasteiger partial charge is 0.417 e. The van der Waals surface area contributed by atoms with Gasteiger partial charge in [0.1, 0.15) is 29.0 Å². The first-order chi connectivity index (χ1) is 27.7. The minimum atomic E-state index is -4.50. The van der Waals surface area contributed by atoms with Crippen molar-refractivity contribution in [2.45, 2.75) is 6.18 Å². The first-order valence-corrected chi connectivity index (χ1v) is 17.8. The average molecular weight is 821 g/mol. The van der Waals surface area contributed by atoms with E-state index in [9.17, 15) is 53.7 Å². The zero-order valence-electron chi connectivity index (χ0n) is 29.1. The summed E-state index contributed by atoms with van der Waals surface area (Å²) < 4.78 is 37.9. The molecule has 0 spiro atoms. The molecule has 6 rings (SSSR count). The van der Waals surface area contributed by atoms with E-state index >= 15 is 0 Å². The van der Waals surface area contributed by atoms with Crippen LogP contribution in [-0.4, -0.2) is 47.2 Å². The number of phenolic OH excluding ortho intramolecular Hbond substituents is 4. The maximum absolute atomic E-state index is 12.6. The lowest BCUT2D eigenvalue weighted by atomic mass is 10.1. The highest BCUT2D eigenvalue weighted by atomic mass is 32.1. The molecule has 0 aliphatic heterocycles. The summed E-state index contributed by atoms with van der Waals surface area (Å²) in [6.07, 6.45) is -1.31. The number of thiazole rings is 2. The summed E-state index contributed by atoms with van der Waals surface area (Å²) in [5.41, 5.74) is 1.63. The predicted molar refractivity (Wildman–Crippen MR) is 207 cm³/mol. The van der Waals surface area contributed by atoms with Crippen LogP contribution in [0.15, 0.2) is 101 Å². The molecule has 3 aromatic carbocycles. The lowest BCUT2D eigenvalue weighted by molar-refractivity contribution is -0.137. The van der Waals surface area contributed by atoms with Gasteiger partial charge in [0.25, 0.3) is 11.8 Å². The molecule has 6 aromatic rings. The van der Waals surface area contributed by atoms with E-state index in [1.807, 2.05) is 0 Å². The highest BCUT2D eigenvalue weighted by Crippen LogP contribution is 2.32. The van der Waals surface area contributed by atoms with Gasteiger partial charge in [-0.05, 0) is 71.8 Å². The number of aromatic hydroxyl groups is 4. The van der Waals surface area contributed by atoms with Gasteiger partial charge in [0.05, 0.1) is 28.6 Å². The van der Waals surface area contributed by atoms with Gasteiger partial charge in [-0.15, -0.1) is 22.7 Å². The van der Waals surface area contributed by atoms with Crippen LogP contribution in [-0.2, 0) is 15.8 Å². The maximum Gasteiger partial charge on any atom is 0.417 e. The monoisotopic (exact) mass is 820 g/mol. The highest BCUT2D eigenvalue weighted by molar-refractivity contribution is 7.14. The SMILES string of the molecule is N#C/C(=C\c1ccc(O)c(O)c1)C(=O)Nc1nc(-c2ccc(C(F)(F)F)cn2)cs1.N#C/C(=C\c1ccc(O)c(O)c1)C(=O)Nc1nc(-c2cccc(C#N)c2)cs1. The molecule has 0 saturated carbocycles. The number of alkyl halides is 3. The molecule has 19 heteroatoms. The number of benzene rings is 3. The summed E-state index contributed by atoms with van der Waals surface area (Å²) in [5.74, 6) is -2.82. The van der Waals surface area contributed by atoms with E-state index in [0.29, 0.717) is 33.7 Å². The number of anilines is 2. The number of phenols is 4. The molecule has 0 aliphatic carbocycles. The van der Waals surface area contributed by atoms with E-state index < -0.39 is 29.3 Å². The molecule has 0 aliphatic rings. The fraction of sp³-hybridized carbons (Fsp3) is 0.0256. The molecule has 288 valence electrons. The van der Waals surface area contributed by atoms with Crippen molar-refractivity contribution in [2.75, 3.05) is 10.6 Å². The predicted octanol–water partition coefficient (Wildman–Crippen LogP) is 7.82. The second-order valence-corrected chi connectivity index (χ2v) is 13.2. The quantitative estimate of drug-likeness (QED) is 0.0489. The second-order valence-electron chi connectivity index (χ2n) is 11.4. The Kier molecular flexibility index (Phi) is 12.8. The van der Waals surface area contributed by atoms with Crippen LogP contribution in [0.3, 0.4) is 0 Å². The topological polar surface area (TPSA) is 249 Å². The van der Waals surface area contributed by atoms with Gasteiger partial charge in [0.15, 0.2) is 33.3 Å². The molecule has 0 fully saturated rings. The van der Waals surface area contributed by atoms with Crippen LogP contribution in [0.2, 0.25) is 0 Å². The number of rotatable bonds is 8. The van der Waals surface area contributed by atoms with E-state index in [-0.39, 0.29) is 44.9 Å². The zero-order chi connectivity index (χ0) is 42.0. The fourth-order valence-electron chi connectivity index (χ4n) is 4.59. The third-order valence-corrected chi connectivity index (χ3v) is 8.96. The fourth-order valence-corrected chi connectivity index (χ4v) is 6.01. The van der Waals surface area contributed by atoms with Crippen LogP contribution < -0.4 is 10.6 Å². The summed E-state index contributed by atoms with van der Waals surface area (Å²) in [5, 5.41) is 73.8. The molecule has 0 saturated heterocycles. The van der Waals surface area contributed by atoms with Crippen LogP contribution >= 0.6 is 22.7 Å². The second kappa shape index (κ2) is 18.1. The summed E-state index contributed by atoms with van der Waals surface area (Å²) in [7, 11) is 0. The number of amides is 2. The van der Waals surface area contributed by atoms with Crippen LogP contribution in [0.25, 0.3) is 34.8 Å². The largest absolute Gasteiger partial charge is 0.504 e. The molecule has 3 aromatic heterocycles. The average Bonchev–Trinajstić information content (AvgIpc) is 3.88. The minimum absolute atomic E-state index is 0.117. The van der Waals surface area contributed by atoms with E-state index in [2.05, 4.69) is 31.7 Å². The van der Waals surface area contributed by atoms with Gasteiger partial charge in [-0.25, -0.2) is 9.97 Å². The molecule has 0 bridgehead atoms. The summed E-state index contributed by atoms with van der Waals surface area (Å²) in [4.78, 5) is 36.8. The zero-order valence-corrected chi connectivity index (χ0v) is 30.7. The van der Waals surface area contributed by atoms with E-state index in [1.54, 1.807) is 41.8 Å². The van der Waals surface area contributed by atoms with Crippen LogP contribution in [0, 0.1) is 34.0 Å². The normalized spacial score (nSPS) is 11.2. The Morgan fingerprint density at radius 3 is 1.67 bits per heavy atom. The number of hydrogen-bond donors (Lipinski definition) is 6. The minimum Gasteiger partial charge on any atom is -0.504 e. The van der Waals surface area contributed by atoms with Crippen molar-refractivity contribution in [3.63, 3.8) is 0 Å². The molecular weight excluding hydrogens is 798 g/mol. The van der Waals surface area contributed by atoms with Gasteiger partial charge in [-0.2, -0.15) is 29.0 Å². The third kappa shape index (κ3) is 10.6. The number of nitrogens with one attached hydrogen (secondary N) is 2. The Balaban J connectivity index is 0.000000221. The van der Waals surface area contributed by atoms with Gasteiger partial charge >= 0.3 is 6.18 Å². The molecule has 0 radical (unpaired) electrons. The van der Waals surface area contributed by atoms with Crippen molar-refractivity contribution in [2.24, 2.45) is 0 Å². The third-order valence-electron chi connectivity index (χ3n) is 7.44. The van der Waals surface area contributed by atoms with Gasteiger partial charge in [-0.3, -0.25) is 25.2 Å². The van der Waals surface area contributed by atoms with Crippen molar-refractivity contribution < 1.29 is 43.2 Å². The molecule has 14 nitrogen and oxygen atoms in total. The lowest BCUT2D eigenvalue weighted by Crippen LogP contribution is -2.13. The highest BCUT2D eigenvalue weighted by Gasteiger charge is 2.30. The van der Waals surface area contributed by atoms with Crippen molar-refractivity contribution in [1.82, 2.24) is 15.0 Å². The Hall–Kier alpha value is -8.05. The van der Waals surface area contributed by atoms with Crippen LogP contribution in [0.4, 0.5) is 23.4 Å². The number of hydrogen-bond acceptors (Lipinski definition) is 14. The van der Waals surface area contributed by atoms with Crippen molar-refractivity contribution in [3.8, 4) is 63.9 Å². The number of aromatic nitrogens is 3. The van der Waals surface area contributed by atoms with E-state index in [0.717, 1.165) is 23.0 Å². The number of nitrogens with zero attached hydrogens (tertiary/aromatic N) is 6. The maximum atomic E-state index is 12.6. The summed E-state index contributed by atoms with van der Waals surface area (Å²) in [6.45, 7) is 0. The van der Waals surface area contributed by atoms with E-state index in [4.69, 9.17) is 5.26 Å². The lowest BCUT2D eigenvalue weighted by Gasteiger charge is -2.05. The molecule has 6 N–H and O–H groups in total. The number of halogens is 3. The van der Waals surface area contributed by atoms with Gasteiger partial charge < -0.3 is 20.4 Å². The van der Waals surface area contributed by atoms with Crippen LogP contribution in [0.1, 0.15) is 22.3 Å². The van der Waals surface area contributed by atoms with Crippen LogP contribution in [0.5, 0.6) is 23.0 Å². The van der Waals surface area contributed by atoms with Gasteiger partial charge in [-0.1, -0.05) is 24.3 Å². The Labute approximate surface area is 333 Å². The van der Waals surface area contributed by atoms with E-state index in [1.165, 1.54) is 71.3 Å². The van der Waals surface area contributed by atoms with Crippen molar-refractivity contribution in [1.29, 1.82) is 15.8 Å². The molecule has 0 atom stereocenters. The molecular formula is C39H23F3N8O6S2. The van der Waals surface area contributed by atoms with Gasteiger partial charge in [0.2, 0.25) is 0 Å². The molecule has 0 unspecified atom stereocenters. The van der Waals surface area contributed by atoms with Crippen molar-refractivity contribution in [3.05, 3.63) is 123 Å². The molecule has 3 heterocycles. The van der Waals surface area contributed by atoms with Gasteiger partial charge in [0, 0.05) is 22.5 Å². The first kappa shape index (κ1) is 41.1. The summed E-state index contributed by atoms with van der Waals surface area (Å²) >= 11 is 2.20. The Morgan fingerprint density at radius 1 is 0.672 bits per heavy atom. The summed E-state index contributed by atoms with van der Waals surface area (Å²) in [6, 6.07) is 22.3. The molecule has 2 amide bonds. The number of nitriles is 3.